The summed E-state index contributed by atoms with van der Waals surface area (Å²) in [4.78, 5) is 53.6. The number of thioether (sulfide) groups is 1. The maximum absolute atomic E-state index is 14.1. The van der Waals surface area contributed by atoms with Crippen molar-refractivity contribution in [2.75, 3.05) is 32.2 Å². The van der Waals surface area contributed by atoms with Crippen molar-refractivity contribution >= 4 is 35.6 Å². The molecule has 0 fully saturated rings. The lowest BCUT2D eigenvalue weighted by Gasteiger charge is -2.34. The molecule has 0 aliphatic heterocycles. The quantitative estimate of drug-likeness (QED) is 0.262. The molecule has 38 heavy (non-hydrogen) atoms. The van der Waals surface area contributed by atoms with Crippen molar-refractivity contribution in [1.29, 1.82) is 0 Å². The summed E-state index contributed by atoms with van der Waals surface area (Å²) in [6.45, 7) is 11.2. The average Bonchev–Trinajstić information content (AvgIpc) is 2.84. The molecule has 0 spiro atoms. The van der Waals surface area contributed by atoms with Crippen LogP contribution in [0.3, 0.4) is 0 Å². The predicted octanol–water partition coefficient (Wildman–Crippen LogP) is 4.30. The first kappa shape index (κ1) is 33.3. The SMILES string of the molecule is CCCCCN(C(=O)C(CCSC)NC(=O)OC(C)(C)C)C(C(=O)NCC(=O)OC)c1ccc(C)c(C)c1. The molecule has 0 aliphatic rings. The lowest BCUT2D eigenvalue weighted by molar-refractivity contribution is -0.144. The van der Waals surface area contributed by atoms with Crippen molar-refractivity contribution in [3.05, 3.63) is 34.9 Å². The molecule has 3 amide bonds. The largest absolute Gasteiger partial charge is 0.468 e. The third-order valence-electron chi connectivity index (χ3n) is 5.93. The summed E-state index contributed by atoms with van der Waals surface area (Å²) in [6.07, 6.45) is 4.07. The number of alkyl carbamates (subject to hydrolysis) is 1. The molecule has 2 atom stereocenters. The third kappa shape index (κ3) is 11.3. The zero-order chi connectivity index (χ0) is 28.9. The molecular weight excluding hydrogens is 506 g/mol. The summed E-state index contributed by atoms with van der Waals surface area (Å²) in [5.74, 6) is -0.843. The molecule has 9 nitrogen and oxygen atoms in total. The molecule has 0 radical (unpaired) electrons. The minimum atomic E-state index is -1.000. The Balaban J connectivity index is 3.50. The molecule has 2 N–H and O–H groups in total. The topological polar surface area (TPSA) is 114 Å². The number of esters is 1. The molecule has 0 aromatic heterocycles. The summed E-state index contributed by atoms with van der Waals surface area (Å²) >= 11 is 1.56. The highest BCUT2D eigenvalue weighted by atomic mass is 32.2. The van der Waals surface area contributed by atoms with Gasteiger partial charge < -0.3 is 25.0 Å². The van der Waals surface area contributed by atoms with Crippen LogP contribution >= 0.6 is 11.8 Å². The van der Waals surface area contributed by atoms with Gasteiger partial charge >= 0.3 is 12.1 Å². The van der Waals surface area contributed by atoms with Crippen molar-refractivity contribution in [2.45, 2.75) is 84.9 Å². The van der Waals surface area contributed by atoms with E-state index >= 15 is 0 Å². The second-order valence-electron chi connectivity index (χ2n) is 10.3. The van der Waals surface area contributed by atoms with Crippen LogP contribution in [-0.2, 0) is 23.9 Å². The van der Waals surface area contributed by atoms with Crippen LogP contribution < -0.4 is 10.6 Å². The number of ether oxygens (including phenoxy) is 2. The maximum atomic E-state index is 14.1. The van der Waals surface area contributed by atoms with Crippen LogP contribution in [0.2, 0.25) is 0 Å². The Kier molecular flexibility index (Phi) is 14.2. The van der Waals surface area contributed by atoms with Gasteiger partial charge in [0.1, 0.15) is 24.2 Å². The Bertz CT molecular complexity index is 947. The Hall–Kier alpha value is -2.75. The number of nitrogens with zero attached hydrogens (tertiary/aromatic N) is 1. The van der Waals surface area contributed by atoms with Gasteiger partial charge in [-0.2, -0.15) is 11.8 Å². The summed E-state index contributed by atoms with van der Waals surface area (Å²) < 4.78 is 10.1. The van der Waals surface area contributed by atoms with Gasteiger partial charge in [-0.25, -0.2) is 4.79 Å². The number of unbranched alkanes of at least 4 members (excludes halogenated alkanes) is 2. The van der Waals surface area contributed by atoms with Crippen molar-refractivity contribution < 1.29 is 28.7 Å². The van der Waals surface area contributed by atoms with E-state index in [-0.39, 0.29) is 12.5 Å². The number of nitrogens with one attached hydrogen (secondary N) is 2. The molecule has 2 unspecified atom stereocenters. The molecule has 0 saturated heterocycles. The van der Waals surface area contributed by atoms with Gasteiger partial charge in [-0.15, -0.1) is 0 Å². The summed E-state index contributed by atoms with van der Waals surface area (Å²) in [6, 6.07) is 3.73. The molecule has 214 valence electrons. The van der Waals surface area contributed by atoms with Crippen molar-refractivity contribution in [3.8, 4) is 0 Å². The van der Waals surface area contributed by atoms with E-state index in [0.29, 0.717) is 30.7 Å². The van der Waals surface area contributed by atoms with Crippen LogP contribution in [0, 0.1) is 13.8 Å². The number of hydrogen-bond donors (Lipinski definition) is 2. The van der Waals surface area contributed by atoms with Crippen molar-refractivity contribution in [2.24, 2.45) is 0 Å². The van der Waals surface area contributed by atoms with Crippen LogP contribution in [0.4, 0.5) is 4.79 Å². The van der Waals surface area contributed by atoms with E-state index < -0.39 is 35.7 Å². The standard InChI is InChI=1S/C28H45N3O6S/c1-9-10-11-15-31(26(34)22(14-16-38-8)30-27(35)37-28(4,5)6)24(25(33)29-18-23(32)36-7)21-13-12-19(2)20(3)17-21/h12-13,17,22,24H,9-11,14-16,18H2,1-8H3,(H,29,33)(H,30,35). The molecule has 0 bridgehead atoms. The highest BCUT2D eigenvalue weighted by Gasteiger charge is 2.36. The number of carbonyl (C=O) groups is 4. The number of amides is 3. The maximum Gasteiger partial charge on any atom is 0.408 e. The van der Waals surface area contributed by atoms with Crippen LogP contribution in [0.15, 0.2) is 18.2 Å². The first-order valence-corrected chi connectivity index (χ1v) is 14.4. The Morgan fingerprint density at radius 1 is 1.08 bits per heavy atom. The van der Waals surface area contributed by atoms with E-state index in [0.717, 1.165) is 24.0 Å². The summed E-state index contributed by atoms with van der Waals surface area (Å²) in [5, 5.41) is 5.35. The average molecular weight is 552 g/mol. The Labute approximate surface area is 231 Å². The first-order valence-electron chi connectivity index (χ1n) is 13.0. The van der Waals surface area contributed by atoms with Crippen LogP contribution in [0.5, 0.6) is 0 Å². The minimum Gasteiger partial charge on any atom is -0.468 e. The molecule has 0 saturated carbocycles. The van der Waals surface area contributed by atoms with E-state index in [4.69, 9.17) is 4.74 Å². The monoisotopic (exact) mass is 551 g/mol. The molecule has 10 heteroatoms. The predicted molar refractivity (Wildman–Crippen MR) is 151 cm³/mol. The molecule has 0 aliphatic carbocycles. The van der Waals surface area contributed by atoms with Gasteiger partial charge in [0.05, 0.1) is 7.11 Å². The summed E-state index contributed by atoms with van der Waals surface area (Å²) in [7, 11) is 1.24. The zero-order valence-electron chi connectivity index (χ0n) is 24.1. The van der Waals surface area contributed by atoms with Crippen LogP contribution in [-0.4, -0.2) is 72.6 Å². The number of aryl methyl sites for hydroxylation is 2. The fourth-order valence-corrected chi connectivity index (χ4v) is 4.25. The van der Waals surface area contributed by atoms with Gasteiger partial charge in [0.2, 0.25) is 11.8 Å². The highest BCUT2D eigenvalue weighted by molar-refractivity contribution is 7.98. The number of carbonyl (C=O) groups excluding carboxylic acids is 4. The van der Waals surface area contributed by atoms with Crippen molar-refractivity contribution in [3.63, 3.8) is 0 Å². The molecule has 1 aromatic rings. The van der Waals surface area contributed by atoms with Gasteiger partial charge in [0.25, 0.3) is 0 Å². The minimum absolute atomic E-state index is 0.307. The number of benzene rings is 1. The van der Waals surface area contributed by atoms with E-state index in [9.17, 15) is 19.2 Å². The van der Waals surface area contributed by atoms with Gasteiger partial charge in [-0.05, 0) is 76.2 Å². The van der Waals surface area contributed by atoms with E-state index in [1.807, 2.05) is 38.3 Å². The Morgan fingerprint density at radius 2 is 1.76 bits per heavy atom. The Morgan fingerprint density at radius 3 is 2.32 bits per heavy atom. The third-order valence-corrected chi connectivity index (χ3v) is 6.57. The first-order chi connectivity index (χ1) is 17.8. The lowest BCUT2D eigenvalue weighted by atomic mass is 9.97. The number of methoxy groups -OCH3 is 1. The molecule has 1 aromatic carbocycles. The number of hydrogen-bond acceptors (Lipinski definition) is 7. The zero-order valence-corrected chi connectivity index (χ0v) is 25.0. The van der Waals surface area contributed by atoms with Gasteiger partial charge in [-0.3, -0.25) is 14.4 Å². The molecule has 0 heterocycles. The van der Waals surface area contributed by atoms with Gasteiger partial charge in [0.15, 0.2) is 0 Å². The molecular formula is C28H45N3O6S. The second-order valence-corrected chi connectivity index (χ2v) is 11.2. The van der Waals surface area contributed by atoms with E-state index in [1.165, 1.54) is 12.0 Å². The summed E-state index contributed by atoms with van der Waals surface area (Å²) in [5.41, 5.74) is 1.92. The smallest absolute Gasteiger partial charge is 0.408 e. The molecule has 1 rings (SSSR count). The second kappa shape index (κ2) is 16.3. The van der Waals surface area contributed by atoms with E-state index in [2.05, 4.69) is 22.3 Å². The van der Waals surface area contributed by atoms with Crippen molar-refractivity contribution in [1.82, 2.24) is 15.5 Å². The highest BCUT2D eigenvalue weighted by Crippen LogP contribution is 2.26. The number of rotatable bonds is 14. The van der Waals surface area contributed by atoms with E-state index in [1.54, 1.807) is 32.5 Å². The van der Waals surface area contributed by atoms with Crippen LogP contribution in [0.1, 0.15) is 76.1 Å². The lowest BCUT2D eigenvalue weighted by Crippen LogP contribution is -2.53. The normalized spacial score (nSPS) is 12.7. The van der Waals surface area contributed by atoms with Gasteiger partial charge in [-0.1, -0.05) is 38.0 Å². The fraction of sp³-hybridized carbons (Fsp3) is 0.643. The van der Waals surface area contributed by atoms with Crippen LogP contribution in [0.25, 0.3) is 0 Å². The fourth-order valence-electron chi connectivity index (χ4n) is 3.78. The van der Waals surface area contributed by atoms with Gasteiger partial charge in [0, 0.05) is 6.54 Å².